The van der Waals surface area contributed by atoms with E-state index in [1.807, 2.05) is 25.1 Å². The molecule has 1 atom stereocenters. The summed E-state index contributed by atoms with van der Waals surface area (Å²) in [6.45, 7) is 5.11. The molecule has 20 heavy (non-hydrogen) atoms. The Hall–Kier alpha value is -1.88. The molecule has 0 amide bonds. The summed E-state index contributed by atoms with van der Waals surface area (Å²) in [5.41, 5.74) is 1.79. The standard InChI is InChI=1S/C15H19N3O2/c1-10-5-6-11(12(9-10)19-3)13-17-14(20-18-13)15(2)7-4-8-16-15/h5-6,9,16H,4,7-8H2,1-3H3. The maximum atomic E-state index is 5.46. The average Bonchev–Trinajstić information content (AvgIpc) is 3.08. The molecule has 1 aromatic heterocycles. The van der Waals surface area contributed by atoms with E-state index in [0.717, 1.165) is 36.3 Å². The SMILES string of the molecule is COc1cc(C)ccc1-c1noc(C2(C)CCCN2)n1. The normalized spacial score (nSPS) is 22.1. The summed E-state index contributed by atoms with van der Waals surface area (Å²) >= 11 is 0. The molecule has 3 rings (SSSR count). The number of methoxy groups -OCH3 is 1. The minimum Gasteiger partial charge on any atom is -0.496 e. The summed E-state index contributed by atoms with van der Waals surface area (Å²) in [5, 5.41) is 7.53. The van der Waals surface area contributed by atoms with E-state index in [4.69, 9.17) is 9.26 Å². The summed E-state index contributed by atoms with van der Waals surface area (Å²) in [7, 11) is 1.65. The molecular formula is C15H19N3O2. The molecule has 1 unspecified atom stereocenters. The second-order valence-electron chi connectivity index (χ2n) is 5.49. The van der Waals surface area contributed by atoms with Crippen LogP contribution < -0.4 is 10.1 Å². The van der Waals surface area contributed by atoms with Gasteiger partial charge in [0.15, 0.2) is 0 Å². The van der Waals surface area contributed by atoms with Gasteiger partial charge in [0.05, 0.1) is 18.2 Å². The van der Waals surface area contributed by atoms with Crippen molar-refractivity contribution in [2.75, 3.05) is 13.7 Å². The van der Waals surface area contributed by atoms with Crippen molar-refractivity contribution in [2.45, 2.75) is 32.2 Å². The van der Waals surface area contributed by atoms with Gasteiger partial charge in [0.1, 0.15) is 5.75 Å². The molecule has 1 aliphatic rings. The Morgan fingerprint density at radius 2 is 2.25 bits per heavy atom. The van der Waals surface area contributed by atoms with Crippen LogP contribution in [-0.2, 0) is 5.54 Å². The van der Waals surface area contributed by atoms with Gasteiger partial charge in [0.25, 0.3) is 0 Å². The number of ether oxygens (including phenoxy) is 1. The second kappa shape index (κ2) is 4.90. The Balaban J connectivity index is 1.98. The lowest BCUT2D eigenvalue weighted by atomic mass is 10.0. The van der Waals surface area contributed by atoms with Gasteiger partial charge in [-0.25, -0.2) is 0 Å². The van der Waals surface area contributed by atoms with Gasteiger partial charge in [-0.1, -0.05) is 11.2 Å². The Bertz CT molecular complexity index is 615. The molecule has 1 saturated heterocycles. The molecule has 2 heterocycles. The summed E-state index contributed by atoms with van der Waals surface area (Å²) in [6.07, 6.45) is 2.14. The van der Waals surface area contributed by atoms with E-state index in [9.17, 15) is 0 Å². The molecule has 0 bridgehead atoms. The molecule has 1 aliphatic heterocycles. The van der Waals surface area contributed by atoms with Gasteiger partial charge in [-0.05, 0) is 50.9 Å². The van der Waals surface area contributed by atoms with Crippen LogP contribution in [-0.4, -0.2) is 23.8 Å². The minimum atomic E-state index is -0.205. The van der Waals surface area contributed by atoms with E-state index in [-0.39, 0.29) is 5.54 Å². The van der Waals surface area contributed by atoms with E-state index < -0.39 is 0 Å². The lowest BCUT2D eigenvalue weighted by Crippen LogP contribution is -2.33. The van der Waals surface area contributed by atoms with E-state index in [0.29, 0.717) is 11.7 Å². The topological polar surface area (TPSA) is 60.2 Å². The quantitative estimate of drug-likeness (QED) is 0.931. The highest BCUT2D eigenvalue weighted by Crippen LogP contribution is 2.33. The first kappa shape index (κ1) is 13.1. The van der Waals surface area contributed by atoms with Crippen molar-refractivity contribution in [3.8, 4) is 17.1 Å². The zero-order chi connectivity index (χ0) is 14.2. The number of hydrogen-bond acceptors (Lipinski definition) is 5. The van der Waals surface area contributed by atoms with Crippen molar-refractivity contribution in [2.24, 2.45) is 0 Å². The summed E-state index contributed by atoms with van der Waals surface area (Å²) in [5.74, 6) is 1.99. The van der Waals surface area contributed by atoms with Gasteiger partial charge < -0.3 is 14.6 Å². The molecule has 0 saturated carbocycles. The smallest absolute Gasteiger partial charge is 0.246 e. The maximum absolute atomic E-state index is 5.46. The zero-order valence-corrected chi connectivity index (χ0v) is 12.1. The van der Waals surface area contributed by atoms with Gasteiger partial charge in [-0.2, -0.15) is 4.98 Å². The number of aryl methyl sites for hydroxylation is 1. The Kier molecular flexibility index (Phi) is 3.22. The molecule has 2 aromatic rings. The predicted octanol–water partition coefficient (Wildman–Crippen LogP) is 2.65. The van der Waals surface area contributed by atoms with Crippen LogP contribution in [0.15, 0.2) is 22.7 Å². The molecule has 1 N–H and O–H groups in total. The Labute approximate surface area is 118 Å². The van der Waals surface area contributed by atoms with Crippen molar-refractivity contribution >= 4 is 0 Å². The van der Waals surface area contributed by atoms with Gasteiger partial charge in [0, 0.05) is 0 Å². The number of hydrogen-bond donors (Lipinski definition) is 1. The first-order valence-electron chi connectivity index (χ1n) is 6.87. The lowest BCUT2D eigenvalue weighted by Gasteiger charge is -2.18. The first-order chi connectivity index (χ1) is 9.62. The van der Waals surface area contributed by atoms with Gasteiger partial charge in [0.2, 0.25) is 11.7 Å². The summed E-state index contributed by atoms with van der Waals surface area (Å²) in [4.78, 5) is 4.55. The molecule has 0 aliphatic carbocycles. The minimum absolute atomic E-state index is 0.205. The van der Waals surface area contributed by atoms with Crippen LogP contribution in [0.4, 0.5) is 0 Å². The fraction of sp³-hybridized carbons (Fsp3) is 0.467. The number of benzene rings is 1. The van der Waals surface area contributed by atoms with Crippen LogP contribution in [0.3, 0.4) is 0 Å². The third kappa shape index (κ3) is 2.18. The van der Waals surface area contributed by atoms with Gasteiger partial charge in [-0.15, -0.1) is 0 Å². The van der Waals surface area contributed by atoms with E-state index in [1.165, 1.54) is 0 Å². The van der Waals surface area contributed by atoms with Crippen molar-refractivity contribution in [1.29, 1.82) is 0 Å². The van der Waals surface area contributed by atoms with Crippen molar-refractivity contribution < 1.29 is 9.26 Å². The summed E-state index contributed by atoms with van der Waals surface area (Å²) in [6, 6.07) is 5.96. The van der Waals surface area contributed by atoms with Crippen LogP contribution in [0.2, 0.25) is 0 Å². The van der Waals surface area contributed by atoms with E-state index in [1.54, 1.807) is 7.11 Å². The Morgan fingerprint density at radius 1 is 1.40 bits per heavy atom. The molecule has 106 valence electrons. The number of aromatic nitrogens is 2. The third-order valence-corrected chi connectivity index (χ3v) is 3.86. The molecule has 1 fully saturated rings. The van der Waals surface area contributed by atoms with Crippen LogP contribution >= 0.6 is 0 Å². The van der Waals surface area contributed by atoms with Gasteiger partial charge >= 0.3 is 0 Å². The largest absolute Gasteiger partial charge is 0.496 e. The fourth-order valence-electron chi connectivity index (χ4n) is 2.62. The second-order valence-corrected chi connectivity index (χ2v) is 5.49. The number of rotatable bonds is 3. The summed E-state index contributed by atoms with van der Waals surface area (Å²) < 4.78 is 10.9. The molecule has 0 spiro atoms. The van der Waals surface area contributed by atoms with Crippen molar-refractivity contribution in [3.63, 3.8) is 0 Å². The zero-order valence-electron chi connectivity index (χ0n) is 12.1. The highest BCUT2D eigenvalue weighted by atomic mass is 16.5. The van der Waals surface area contributed by atoms with Crippen LogP contribution in [0.1, 0.15) is 31.2 Å². The van der Waals surface area contributed by atoms with Crippen LogP contribution in [0, 0.1) is 6.92 Å². The highest BCUT2D eigenvalue weighted by Gasteiger charge is 2.36. The monoisotopic (exact) mass is 273 g/mol. The van der Waals surface area contributed by atoms with Gasteiger partial charge in [-0.3, -0.25) is 0 Å². The predicted molar refractivity (Wildman–Crippen MR) is 75.6 cm³/mol. The average molecular weight is 273 g/mol. The van der Waals surface area contributed by atoms with E-state index >= 15 is 0 Å². The third-order valence-electron chi connectivity index (χ3n) is 3.86. The molecule has 1 aromatic carbocycles. The molecular weight excluding hydrogens is 254 g/mol. The van der Waals surface area contributed by atoms with Crippen molar-refractivity contribution in [3.05, 3.63) is 29.7 Å². The van der Waals surface area contributed by atoms with Crippen molar-refractivity contribution in [1.82, 2.24) is 15.5 Å². The highest BCUT2D eigenvalue weighted by molar-refractivity contribution is 5.64. The number of nitrogens with one attached hydrogen (secondary N) is 1. The number of nitrogens with zero attached hydrogens (tertiary/aromatic N) is 2. The Morgan fingerprint density at radius 3 is 2.95 bits per heavy atom. The maximum Gasteiger partial charge on any atom is 0.246 e. The van der Waals surface area contributed by atoms with Crippen LogP contribution in [0.5, 0.6) is 5.75 Å². The van der Waals surface area contributed by atoms with E-state index in [2.05, 4.69) is 22.4 Å². The van der Waals surface area contributed by atoms with Crippen LogP contribution in [0.25, 0.3) is 11.4 Å². The molecule has 5 heteroatoms. The molecule has 5 nitrogen and oxygen atoms in total. The first-order valence-corrected chi connectivity index (χ1v) is 6.87. The fourth-order valence-corrected chi connectivity index (χ4v) is 2.62. The molecule has 0 radical (unpaired) electrons. The lowest BCUT2D eigenvalue weighted by molar-refractivity contribution is 0.275.